The molecule has 6 heteroatoms. The summed E-state index contributed by atoms with van der Waals surface area (Å²) in [6.07, 6.45) is 2.78. The van der Waals surface area contributed by atoms with Crippen molar-refractivity contribution in [3.05, 3.63) is 107 Å². The highest BCUT2D eigenvalue weighted by atomic mass is 32.2. The smallest absolute Gasteiger partial charge is 0.265 e. The molecule has 0 aliphatic carbocycles. The van der Waals surface area contributed by atoms with Crippen LogP contribution >= 0.6 is 23.5 Å². The van der Waals surface area contributed by atoms with Crippen molar-refractivity contribution in [2.45, 2.75) is 9.79 Å². The Balaban J connectivity index is 1.71. The van der Waals surface area contributed by atoms with Gasteiger partial charge in [0.1, 0.15) is 5.82 Å². The maximum absolute atomic E-state index is 13.6. The highest BCUT2D eigenvalue weighted by molar-refractivity contribution is 8.22. The van der Waals surface area contributed by atoms with Crippen LogP contribution < -0.4 is 5.43 Å². The fraction of sp³-hybridized carbons (Fsp3) is 0. The summed E-state index contributed by atoms with van der Waals surface area (Å²) < 4.78 is 14.4. The van der Waals surface area contributed by atoms with E-state index in [0.29, 0.717) is 5.56 Å². The van der Waals surface area contributed by atoms with Crippen LogP contribution in [-0.4, -0.2) is 12.1 Å². The number of nitrogens with one attached hydrogen (secondary N) is 1. The van der Waals surface area contributed by atoms with Crippen molar-refractivity contribution < 1.29 is 9.18 Å². The van der Waals surface area contributed by atoms with Gasteiger partial charge in [-0.05, 0) is 30.3 Å². The molecule has 0 saturated carbocycles. The van der Waals surface area contributed by atoms with Crippen LogP contribution in [0.2, 0.25) is 0 Å². The summed E-state index contributed by atoms with van der Waals surface area (Å²) in [5.41, 5.74) is 2.73. The molecule has 0 unspecified atom stereocenters. The molecule has 0 fully saturated rings. The van der Waals surface area contributed by atoms with E-state index in [1.165, 1.54) is 41.9 Å². The summed E-state index contributed by atoms with van der Waals surface area (Å²) in [5, 5.41) is 3.84. The van der Waals surface area contributed by atoms with Crippen LogP contribution in [0.4, 0.5) is 4.39 Å². The second-order valence-electron chi connectivity index (χ2n) is 5.55. The van der Waals surface area contributed by atoms with Crippen LogP contribution in [0.25, 0.3) is 0 Å². The molecule has 0 saturated heterocycles. The third-order valence-corrected chi connectivity index (χ3v) is 5.61. The van der Waals surface area contributed by atoms with Crippen LogP contribution in [0.15, 0.2) is 110 Å². The molecule has 3 aromatic carbocycles. The Morgan fingerprint density at radius 1 is 0.821 bits per heavy atom. The number of carbonyl (C=O) groups excluding carboxylic acids is 1. The molecule has 0 atom stereocenters. The zero-order chi connectivity index (χ0) is 19.6. The number of benzene rings is 3. The molecule has 0 aromatic heterocycles. The topological polar surface area (TPSA) is 41.5 Å². The van der Waals surface area contributed by atoms with Crippen LogP contribution in [0.5, 0.6) is 0 Å². The van der Waals surface area contributed by atoms with Gasteiger partial charge in [0.25, 0.3) is 5.91 Å². The Morgan fingerprint density at radius 3 is 1.93 bits per heavy atom. The van der Waals surface area contributed by atoms with Gasteiger partial charge in [-0.25, -0.2) is 9.82 Å². The van der Waals surface area contributed by atoms with Gasteiger partial charge in [0.05, 0.1) is 10.5 Å². The maximum atomic E-state index is 13.6. The van der Waals surface area contributed by atoms with E-state index in [2.05, 4.69) is 10.5 Å². The highest BCUT2D eigenvalue weighted by Crippen LogP contribution is 2.38. The van der Waals surface area contributed by atoms with Crippen LogP contribution in [0.3, 0.4) is 0 Å². The Labute approximate surface area is 171 Å². The summed E-state index contributed by atoms with van der Waals surface area (Å²) in [4.78, 5) is 14.3. The monoisotopic (exact) mass is 408 g/mol. The molecule has 140 valence electrons. The van der Waals surface area contributed by atoms with E-state index in [9.17, 15) is 9.18 Å². The van der Waals surface area contributed by atoms with Gasteiger partial charge in [0.15, 0.2) is 0 Å². The minimum Gasteiger partial charge on any atom is -0.268 e. The average molecular weight is 409 g/mol. The fourth-order valence-electron chi connectivity index (χ4n) is 2.17. The Bertz CT molecular complexity index is 933. The Hall–Kier alpha value is -2.83. The van der Waals surface area contributed by atoms with Crippen LogP contribution in [0.1, 0.15) is 5.56 Å². The number of rotatable bonds is 7. The Kier molecular flexibility index (Phi) is 7.46. The minimum absolute atomic E-state index is 0.310. The van der Waals surface area contributed by atoms with Crippen molar-refractivity contribution in [2.24, 2.45) is 5.10 Å². The highest BCUT2D eigenvalue weighted by Gasteiger charge is 2.07. The van der Waals surface area contributed by atoms with Gasteiger partial charge in [-0.15, -0.1) is 0 Å². The third kappa shape index (κ3) is 6.40. The number of hydrogen-bond acceptors (Lipinski definition) is 4. The van der Waals surface area contributed by atoms with E-state index in [-0.39, 0.29) is 5.91 Å². The molecule has 0 bridgehead atoms. The zero-order valence-corrected chi connectivity index (χ0v) is 16.4. The van der Waals surface area contributed by atoms with Crippen molar-refractivity contribution in [3.8, 4) is 0 Å². The molecule has 3 aromatic rings. The van der Waals surface area contributed by atoms with Crippen LogP contribution in [-0.2, 0) is 4.79 Å². The summed E-state index contributed by atoms with van der Waals surface area (Å²) in [7, 11) is 0. The predicted molar refractivity (Wildman–Crippen MR) is 115 cm³/mol. The number of nitrogens with zero attached hydrogens (tertiary/aromatic N) is 1. The van der Waals surface area contributed by atoms with Crippen molar-refractivity contribution >= 4 is 35.6 Å². The van der Waals surface area contributed by atoms with Gasteiger partial charge >= 0.3 is 0 Å². The normalized spacial score (nSPS) is 10.6. The van der Waals surface area contributed by atoms with Gasteiger partial charge in [0, 0.05) is 21.4 Å². The van der Waals surface area contributed by atoms with E-state index < -0.39 is 5.82 Å². The number of hydrazone groups is 1. The molecule has 0 aliphatic rings. The van der Waals surface area contributed by atoms with Crippen molar-refractivity contribution in [1.29, 1.82) is 0 Å². The first-order valence-electron chi connectivity index (χ1n) is 8.46. The van der Waals surface area contributed by atoms with Crippen molar-refractivity contribution in [1.82, 2.24) is 5.43 Å². The van der Waals surface area contributed by atoms with Crippen molar-refractivity contribution in [2.75, 3.05) is 0 Å². The first-order chi connectivity index (χ1) is 13.7. The van der Waals surface area contributed by atoms with E-state index in [0.717, 1.165) is 14.0 Å². The Morgan fingerprint density at radius 2 is 1.36 bits per heavy atom. The molecule has 0 heterocycles. The van der Waals surface area contributed by atoms with E-state index in [1.807, 2.05) is 60.7 Å². The fourth-order valence-corrected chi connectivity index (χ4v) is 4.30. The van der Waals surface area contributed by atoms with Gasteiger partial charge in [-0.2, -0.15) is 5.10 Å². The standard InChI is InChI=1S/C22H17FN2OS2/c23-20-14-8-7-9-17(20)16-24-25-21(26)15-22(27-18-10-3-1-4-11-18)28-19-12-5-2-6-13-19/h1-16H,(H,25,26)/b24-16+. The molecule has 0 spiro atoms. The maximum Gasteiger partial charge on any atom is 0.265 e. The molecule has 3 nitrogen and oxygen atoms in total. The number of hydrogen-bond donors (Lipinski definition) is 1. The lowest BCUT2D eigenvalue weighted by atomic mass is 10.2. The number of amides is 1. The summed E-state index contributed by atoms with van der Waals surface area (Å²) in [6, 6.07) is 25.9. The van der Waals surface area contributed by atoms with Crippen LogP contribution in [0, 0.1) is 5.82 Å². The third-order valence-electron chi connectivity index (χ3n) is 3.46. The summed E-state index contributed by atoms with van der Waals surface area (Å²) in [5.74, 6) is -0.773. The number of thioether (sulfide) groups is 2. The lowest BCUT2D eigenvalue weighted by Gasteiger charge is -2.07. The molecule has 0 radical (unpaired) electrons. The minimum atomic E-state index is -0.393. The predicted octanol–water partition coefficient (Wildman–Crippen LogP) is 5.70. The quantitative estimate of drug-likeness (QED) is 0.236. The van der Waals surface area contributed by atoms with Gasteiger partial charge < -0.3 is 0 Å². The van der Waals surface area contributed by atoms with Crippen molar-refractivity contribution in [3.63, 3.8) is 0 Å². The SMILES string of the molecule is O=C(C=C(Sc1ccccc1)Sc1ccccc1)N/N=C/c1ccccc1F. The lowest BCUT2D eigenvalue weighted by molar-refractivity contribution is -0.116. The van der Waals surface area contributed by atoms with E-state index in [4.69, 9.17) is 0 Å². The molecule has 1 amide bonds. The number of carbonyl (C=O) groups is 1. The van der Waals surface area contributed by atoms with Gasteiger partial charge in [0.2, 0.25) is 0 Å². The number of halogens is 1. The largest absolute Gasteiger partial charge is 0.268 e. The molecular formula is C22H17FN2OS2. The van der Waals surface area contributed by atoms with Gasteiger partial charge in [-0.1, -0.05) is 78.1 Å². The first-order valence-corrected chi connectivity index (χ1v) is 10.1. The molecule has 0 aliphatic heterocycles. The first kappa shape index (κ1) is 19.9. The van der Waals surface area contributed by atoms with Gasteiger partial charge in [-0.3, -0.25) is 4.79 Å². The average Bonchev–Trinajstić information content (AvgIpc) is 2.71. The second kappa shape index (κ2) is 10.5. The molecule has 1 N–H and O–H groups in total. The molecular weight excluding hydrogens is 391 g/mol. The molecule has 3 rings (SSSR count). The van der Waals surface area contributed by atoms with E-state index >= 15 is 0 Å². The lowest BCUT2D eigenvalue weighted by Crippen LogP contribution is -2.14. The summed E-state index contributed by atoms with van der Waals surface area (Å²) >= 11 is 2.99. The second-order valence-corrected chi connectivity index (χ2v) is 8.04. The molecule has 28 heavy (non-hydrogen) atoms. The summed E-state index contributed by atoms with van der Waals surface area (Å²) in [6.45, 7) is 0. The van der Waals surface area contributed by atoms with E-state index in [1.54, 1.807) is 18.2 Å². The zero-order valence-electron chi connectivity index (χ0n) is 14.8.